The van der Waals surface area contributed by atoms with E-state index in [9.17, 15) is 9.90 Å². The number of aliphatic hydroxyl groups excluding tert-OH is 1. The van der Waals surface area contributed by atoms with Gasteiger partial charge < -0.3 is 9.84 Å². The summed E-state index contributed by atoms with van der Waals surface area (Å²) in [5.41, 5.74) is -0.923. The Kier molecular flexibility index (Phi) is 4.65. The smallest absolute Gasteiger partial charge is 0.410 e. The molecule has 0 saturated carbocycles. The molecule has 1 N–H and O–H groups in total. The van der Waals surface area contributed by atoms with Crippen LogP contribution in [-0.4, -0.2) is 40.4 Å². The highest BCUT2D eigenvalue weighted by molar-refractivity contribution is 5.69. The van der Waals surface area contributed by atoms with Gasteiger partial charge in [-0.1, -0.05) is 20.3 Å². The Morgan fingerprint density at radius 1 is 1.50 bits per heavy atom. The molecule has 1 rings (SSSR count). The Labute approximate surface area is 110 Å². The van der Waals surface area contributed by atoms with Crippen LogP contribution >= 0.6 is 0 Å². The van der Waals surface area contributed by atoms with E-state index in [-0.39, 0.29) is 18.6 Å². The highest BCUT2D eigenvalue weighted by Crippen LogP contribution is 2.38. The molecule has 0 aliphatic carbocycles. The van der Waals surface area contributed by atoms with Gasteiger partial charge in [0.15, 0.2) is 0 Å². The summed E-state index contributed by atoms with van der Waals surface area (Å²) < 4.78 is 5.45. The van der Waals surface area contributed by atoms with Gasteiger partial charge in [-0.3, -0.25) is 4.90 Å². The van der Waals surface area contributed by atoms with Gasteiger partial charge in [0.25, 0.3) is 0 Å². The Balaban J connectivity index is 2.89. The zero-order valence-electron chi connectivity index (χ0n) is 12.3. The van der Waals surface area contributed by atoms with Crippen LogP contribution in [0.4, 0.5) is 4.79 Å². The van der Waals surface area contributed by atoms with Crippen LogP contribution in [0.2, 0.25) is 0 Å². The second kappa shape index (κ2) is 5.47. The number of carbonyl (C=O) groups is 1. The number of carbonyl (C=O) groups excluding carboxylic acids is 1. The van der Waals surface area contributed by atoms with Crippen molar-refractivity contribution in [2.75, 3.05) is 13.2 Å². The van der Waals surface area contributed by atoms with Gasteiger partial charge in [0, 0.05) is 6.54 Å². The van der Waals surface area contributed by atoms with E-state index in [0.717, 1.165) is 19.3 Å². The number of ether oxygens (including phenoxy) is 1. The highest BCUT2D eigenvalue weighted by atomic mass is 16.6. The quantitative estimate of drug-likeness (QED) is 0.845. The summed E-state index contributed by atoms with van der Waals surface area (Å²) in [7, 11) is 0. The van der Waals surface area contributed by atoms with Crippen LogP contribution in [0.3, 0.4) is 0 Å². The number of likely N-dealkylation sites (tertiary alicyclic amines) is 1. The minimum atomic E-state index is -0.490. The van der Waals surface area contributed by atoms with Crippen LogP contribution in [0.1, 0.15) is 53.9 Å². The van der Waals surface area contributed by atoms with Crippen LogP contribution in [0.15, 0.2) is 0 Å². The summed E-state index contributed by atoms with van der Waals surface area (Å²) in [5, 5.41) is 9.79. The molecule has 0 aromatic carbocycles. The molecule has 4 nitrogen and oxygen atoms in total. The number of aliphatic hydroxyl groups is 1. The number of rotatable bonds is 3. The molecular formula is C14H27NO3. The largest absolute Gasteiger partial charge is 0.444 e. The van der Waals surface area contributed by atoms with Crippen LogP contribution in [-0.2, 0) is 4.74 Å². The van der Waals surface area contributed by atoms with Crippen molar-refractivity contribution in [3.05, 3.63) is 0 Å². The maximum atomic E-state index is 12.2. The number of nitrogens with zero attached hydrogens (tertiary/aromatic N) is 1. The maximum Gasteiger partial charge on any atom is 0.410 e. The number of hydrogen-bond donors (Lipinski definition) is 1. The SMILES string of the molecule is CCC(C)C1(CO)CCCN1C(=O)OC(C)(C)C. The van der Waals surface area contributed by atoms with Gasteiger partial charge in [-0.25, -0.2) is 4.79 Å². The van der Waals surface area contributed by atoms with Gasteiger partial charge in [0.1, 0.15) is 5.60 Å². The van der Waals surface area contributed by atoms with Gasteiger partial charge >= 0.3 is 6.09 Å². The molecule has 1 fully saturated rings. The first-order chi connectivity index (χ1) is 8.27. The molecule has 1 amide bonds. The summed E-state index contributed by atoms with van der Waals surface area (Å²) in [6.45, 7) is 10.5. The highest BCUT2D eigenvalue weighted by Gasteiger charge is 2.47. The zero-order chi connectivity index (χ0) is 14.0. The van der Waals surface area contributed by atoms with Crippen molar-refractivity contribution in [1.29, 1.82) is 0 Å². The molecule has 106 valence electrons. The van der Waals surface area contributed by atoms with Crippen molar-refractivity contribution in [2.45, 2.75) is 65.0 Å². The summed E-state index contributed by atoms with van der Waals surface area (Å²) in [5.74, 6) is 0.275. The molecule has 0 aromatic rings. The molecule has 0 spiro atoms. The topological polar surface area (TPSA) is 49.8 Å². The minimum absolute atomic E-state index is 0.0151. The van der Waals surface area contributed by atoms with E-state index in [0.29, 0.717) is 6.54 Å². The lowest BCUT2D eigenvalue weighted by Gasteiger charge is -2.42. The number of amides is 1. The molecule has 0 radical (unpaired) electrons. The first kappa shape index (κ1) is 15.3. The fourth-order valence-electron chi connectivity index (χ4n) is 2.70. The average Bonchev–Trinajstić information content (AvgIpc) is 2.70. The van der Waals surface area contributed by atoms with Gasteiger partial charge in [0.05, 0.1) is 12.1 Å². The van der Waals surface area contributed by atoms with E-state index < -0.39 is 11.1 Å². The second-order valence-electron chi connectivity index (χ2n) is 6.31. The summed E-state index contributed by atoms with van der Waals surface area (Å²) in [6, 6.07) is 0. The van der Waals surface area contributed by atoms with Crippen molar-refractivity contribution in [3.63, 3.8) is 0 Å². The lowest BCUT2D eigenvalue weighted by Crippen LogP contribution is -2.55. The lowest BCUT2D eigenvalue weighted by atomic mass is 9.82. The number of hydrogen-bond acceptors (Lipinski definition) is 3. The van der Waals surface area contributed by atoms with E-state index in [4.69, 9.17) is 4.74 Å². The molecule has 1 saturated heterocycles. The van der Waals surface area contributed by atoms with Crippen LogP contribution in [0.25, 0.3) is 0 Å². The first-order valence-corrected chi connectivity index (χ1v) is 6.88. The van der Waals surface area contributed by atoms with E-state index in [2.05, 4.69) is 13.8 Å². The monoisotopic (exact) mass is 257 g/mol. The second-order valence-corrected chi connectivity index (χ2v) is 6.31. The molecule has 2 unspecified atom stereocenters. The van der Waals surface area contributed by atoms with Crippen molar-refractivity contribution in [1.82, 2.24) is 4.90 Å². The third kappa shape index (κ3) is 2.97. The van der Waals surface area contributed by atoms with Crippen molar-refractivity contribution < 1.29 is 14.6 Å². The summed E-state index contributed by atoms with van der Waals surface area (Å²) >= 11 is 0. The van der Waals surface area contributed by atoms with Gasteiger partial charge in [0.2, 0.25) is 0 Å². The normalized spacial score (nSPS) is 26.2. The molecule has 1 aliphatic heterocycles. The van der Waals surface area contributed by atoms with Gasteiger partial charge in [-0.05, 0) is 39.5 Å². The Morgan fingerprint density at radius 2 is 2.11 bits per heavy atom. The third-order valence-electron chi connectivity index (χ3n) is 3.95. The van der Waals surface area contributed by atoms with E-state index in [1.807, 2.05) is 20.8 Å². The van der Waals surface area contributed by atoms with Crippen molar-refractivity contribution in [3.8, 4) is 0 Å². The summed E-state index contributed by atoms with van der Waals surface area (Å²) in [4.78, 5) is 14.0. The van der Waals surface area contributed by atoms with E-state index >= 15 is 0 Å². The fraction of sp³-hybridized carbons (Fsp3) is 0.929. The van der Waals surface area contributed by atoms with Crippen LogP contribution < -0.4 is 0 Å². The average molecular weight is 257 g/mol. The molecule has 0 aromatic heterocycles. The molecule has 0 bridgehead atoms. The first-order valence-electron chi connectivity index (χ1n) is 6.88. The zero-order valence-corrected chi connectivity index (χ0v) is 12.3. The Morgan fingerprint density at radius 3 is 2.56 bits per heavy atom. The Bertz CT molecular complexity index is 298. The molecule has 1 aliphatic rings. The van der Waals surface area contributed by atoms with Crippen molar-refractivity contribution >= 4 is 6.09 Å². The van der Waals surface area contributed by atoms with Crippen molar-refractivity contribution in [2.24, 2.45) is 5.92 Å². The predicted octanol–water partition coefficient (Wildman–Crippen LogP) is 2.79. The van der Waals surface area contributed by atoms with Crippen LogP contribution in [0, 0.1) is 5.92 Å². The van der Waals surface area contributed by atoms with Crippen LogP contribution in [0.5, 0.6) is 0 Å². The van der Waals surface area contributed by atoms with Gasteiger partial charge in [-0.2, -0.15) is 0 Å². The Hall–Kier alpha value is -0.770. The maximum absolute atomic E-state index is 12.2. The molecule has 2 atom stereocenters. The summed E-state index contributed by atoms with van der Waals surface area (Å²) in [6.07, 6.45) is 2.44. The molecule has 4 heteroatoms. The molecule has 1 heterocycles. The third-order valence-corrected chi connectivity index (χ3v) is 3.95. The van der Waals surface area contributed by atoms with Gasteiger partial charge in [-0.15, -0.1) is 0 Å². The fourth-order valence-corrected chi connectivity index (χ4v) is 2.70. The van der Waals surface area contributed by atoms with E-state index in [1.54, 1.807) is 4.90 Å². The standard InChI is InChI=1S/C14H27NO3/c1-6-11(2)14(10-16)8-7-9-15(14)12(17)18-13(3,4)5/h11,16H,6-10H2,1-5H3. The van der Waals surface area contributed by atoms with E-state index in [1.165, 1.54) is 0 Å². The lowest BCUT2D eigenvalue weighted by molar-refractivity contribution is -0.0212. The molecule has 18 heavy (non-hydrogen) atoms. The molecular weight excluding hydrogens is 230 g/mol. The predicted molar refractivity (Wildman–Crippen MR) is 71.4 cm³/mol. The minimum Gasteiger partial charge on any atom is -0.444 e.